The molecule has 186 valence electrons. The van der Waals surface area contributed by atoms with Crippen molar-refractivity contribution in [1.29, 1.82) is 0 Å². The second kappa shape index (κ2) is 9.11. The Morgan fingerprint density at radius 3 is 2.53 bits per heavy atom. The molecule has 0 spiro atoms. The lowest BCUT2D eigenvalue weighted by Crippen LogP contribution is -2.36. The van der Waals surface area contributed by atoms with E-state index in [0.717, 1.165) is 69.6 Å². The van der Waals surface area contributed by atoms with Crippen molar-refractivity contribution in [2.75, 3.05) is 28.6 Å². The summed E-state index contributed by atoms with van der Waals surface area (Å²) < 4.78 is 0. The standard InChI is InChI=1S/C29H25N9/c1-18-15-20(9-11-30-18)33-27-8-6-25-29(36-27)37-28(35-25)19-3-7-26(32-17-19)34-24-10-12-31-23-5-4-21(16-22(23)24)38-13-2-14-38/h3-12,15-17H,2,13-14H2,1H3,(H,31,32,34)(H2,30,33,35,36,37). The number of nitrogens with zero attached hydrogens (tertiary/aromatic N) is 6. The van der Waals surface area contributed by atoms with Gasteiger partial charge in [0.1, 0.15) is 17.5 Å². The van der Waals surface area contributed by atoms with Crippen LogP contribution in [0.3, 0.4) is 0 Å². The van der Waals surface area contributed by atoms with Crippen molar-refractivity contribution < 1.29 is 0 Å². The second-order valence-electron chi connectivity index (χ2n) is 9.42. The van der Waals surface area contributed by atoms with Gasteiger partial charge in [0.2, 0.25) is 0 Å². The van der Waals surface area contributed by atoms with Crippen LogP contribution in [-0.2, 0) is 0 Å². The molecule has 0 unspecified atom stereocenters. The summed E-state index contributed by atoms with van der Waals surface area (Å²) in [6.45, 7) is 4.17. The highest BCUT2D eigenvalue weighted by Crippen LogP contribution is 2.31. The van der Waals surface area contributed by atoms with E-state index in [-0.39, 0.29) is 0 Å². The van der Waals surface area contributed by atoms with Gasteiger partial charge in [0.15, 0.2) is 5.65 Å². The van der Waals surface area contributed by atoms with Gasteiger partial charge in [0, 0.05) is 59.7 Å². The Hall–Kier alpha value is -5.05. The molecule has 38 heavy (non-hydrogen) atoms. The first-order chi connectivity index (χ1) is 18.7. The van der Waals surface area contributed by atoms with Crippen LogP contribution in [0.25, 0.3) is 33.5 Å². The molecule has 7 rings (SSSR count). The maximum Gasteiger partial charge on any atom is 0.180 e. The van der Waals surface area contributed by atoms with E-state index in [1.165, 1.54) is 12.1 Å². The average molecular weight is 500 g/mol. The van der Waals surface area contributed by atoms with Crippen LogP contribution in [0, 0.1) is 6.92 Å². The van der Waals surface area contributed by atoms with Gasteiger partial charge in [0.25, 0.3) is 0 Å². The second-order valence-corrected chi connectivity index (χ2v) is 9.42. The molecule has 1 aromatic carbocycles. The lowest BCUT2D eigenvalue weighted by molar-refractivity contribution is 0.618. The zero-order valence-corrected chi connectivity index (χ0v) is 20.8. The van der Waals surface area contributed by atoms with E-state index in [1.807, 2.05) is 61.8 Å². The SMILES string of the molecule is Cc1cc(Nc2ccc3[nH]c(-c4ccc(Nc5ccnc6ccc(N7CCC7)cc56)nc4)nc3n2)ccn1. The maximum atomic E-state index is 4.70. The summed E-state index contributed by atoms with van der Waals surface area (Å²) in [7, 11) is 0. The van der Waals surface area contributed by atoms with Crippen LogP contribution in [0.5, 0.6) is 0 Å². The number of nitrogens with one attached hydrogen (secondary N) is 3. The van der Waals surface area contributed by atoms with Crippen LogP contribution in [-0.4, -0.2) is 43.0 Å². The highest BCUT2D eigenvalue weighted by Gasteiger charge is 2.15. The first-order valence-corrected chi connectivity index (χ1v) is 12.6. The van der Waals surface area contributed by atoms with E-state index in [4.69, 9.17) is 4.98 Å². The molecule has 1 aliphatic heterocycles. The smallest absolute Gasteiger partial charge is 0.180 e. The zero-order valence-electron chi connectivity index (χ0n) is 20.8. The Morgan fingerprint density at radius 2 is 1.71 bits per heavy atom. The molecule has 1 saturated heterocycles. The minimum atomic E-state index is 0.638. The van der Waals surface area contributed by atoms with Crippen LogP contribution in [0.1, 0.15) is 12.1 Å². The highest BCUT2D eigenvalue weighted by atomic mass is 15.2. The number of fused-ring (bicyclic) bond motifs is 2. The number of aromatic nitrogens is 6. The van der Waals surface area contributed by atoms with Crippen molar-refractivity contribution >= 4 is 50.8 Å². The number of benzene rings is 1. The average Bonchev–Trinajstić information content (AvgIpc) is 3.32. The van der Waals surface area contributed by atoms with Gasteiger partial charge in [-0.05, 0) is 74.0 Å². The number of anilines is 5. The van der Waals surface area contributed by atoms with E-state index in [2.05, 4.69) is 58.7 Å². The van der Waals surface area contributed by atoms with Crippen molar-refractivity contribution in [3.05, 3.63) is 84.9 Å². The molecule has 6 aromatic rings. The van der Waals surface area contributed by atoms with E-state index in [0.29, 0.717) is 5.65 Å². The topological polar surface area (TPSA) is 108 Å². The van der Waals surface area contributed by atoms with Gasteiger partial charge in [0.05, 0.1) is 16.7 Å². The number of rotatable bonds is 6. The molecule has 0 atom stereocenters. The first-order valence-electron chi connectivity index (χ1n) is 12.6. The van der Waals surface area contributed by atoms with E-state index in [1.54, 1.807) is 6.20 Å². The molecule has 9 nitrogen and oxygen atoms in total. The minimum absolute atomic E-state index is 0.638. The monoisotopic (exact) mass is 499 g/mol. The Kier molecular flexibility index (Phi) is 5.32. The van der Waals surface area contributed by atoms with Crippen LogP contribution < -0.4 is 15.5 Å². The van der Waals surface area contributed by atoms with Crippen LogP contribution in [0.4, 0.5) is 28.7 Å². The predicted molar refractivity (Wildman–Crippen MR) is 151 cm³/mol. The van der Waals surface area contributed by atoms with Gasteiger partial charge in [-0.25, -0.2) is 15.0 Å². The molecule has 1 fully saturated rings. The third-order valence-electron chi connectivity index (χ3n) is 6.76. The van der Waals surface area contributed by atoms with Crippen LogP contribution >= 0.6 is 0 Å². The Labute approximate surface area is 219 Å². The quantitative estimate of drug-likeness (QED) is 0.257. The summed E-state index contributed by atoms with van der Waals surface area (Å²) in [5.41, 5.74) is 7.43. The van der Waals surface area contributed by atoms with Crippen molar-refractivity contribution in [2.45, 2.75) is 13.3 Å². The first kappa shape index (κ1) is 22.2. The molecule has 0 bridgehead atoms. The molecule has 3 N–H and O–H groups in total. The lowest BCUT2D eigenvalue weighted by atomic mass is 10.1. The normalized spacial score (nSPS) is 13.0. The van der Waals surface area contributed by atoms with Crippen LogP contribution in [0.2, 0.25) is 0 Å². The Balaban J connectivity index is 1.12. The van der Waals surface area contributed by atoms with E-state index < -0.39 is 0 Å². The number of hydrogen-bond acceptors (Lipinski definition) is 8. The summed E-state index contributed by atoms with van der Waals surface area (Å²) in [6.07, 6.45) is 6.66. The summed E-state index contributed by atoms with van der Waals surface area (Å²) >= 11 is 0. The van der Waals surface area contributed by atoms with Crippen molar-refractivity contribution in [1.82, 2.24) is 29.9 Å². The highest BCUT2D eigenvalue weighted by molar-refractivity contribution is 5.95. The van der Waals surface area contributed by atoms with Crippen molar-refractivity contribution in [3.8, 4) is 11.4 Å². The largest absolute Gasteiger partial charge is 0.371 e. The third-order valence-corrected chi connectivity index (χ3v) is 6.76. The molecular weight excluding hydrogens is 474 g/mol. The number of aromatic amines is 1. The lowest BCUT2D eigenvalue weighted by Gasteiger charge is -2.33. The summed E-state index contributed by atoms with van der Waals surface area (Å²) in [5, 5.41) is 7.86. The molecule has 0 saturated carbocycles. The predicted octanol–water partition coefficient (Wildman–Crippen LogP) is 5.97. The fraction of sp³-hybridized carbons (Fsp3) is 0.138. The maximum absolute atomic E-state index is 4.70. The van der Waals surface area contributed by atoms with Gasteiger partial charge in [-0.15, -0.1) is 0 Å². The molecule has 5 aromatic heterocycles. The number of imidazole rings is 1. The molecule has 1 aliphatic rings. The van der Waals surface area contributed by atoms with Crippen LogP contribution in [0.15, 0.2) is 79.3 Å². The van der Waals surface area contributed by atoms with Crippen molar-refractivity contribution in [2.24, 2.45) is 0 Å². The molecule has 6 heterocycles. The number of aryl methyl sites for hydroxylation is 1. The number of hydrogen-bond donors (Lipinski definition) is 3. The minimum Gasteiger partial charge on any atom is -0.371 e. The van der Waals surface area contributed by atoms with Gasteiger partial charge < -0.3 is 20.5 Å². The summed E-state index contributed by atoms with van der Waals surface area (Å²) in [5.74, 6) is 2.20. The van der Waals surface area contributed by atoms with Gasteiger partial charge in [-0.1, -0.05) is 0 Å². The molecule has 9 heteroatoms. The summed E-state index contributed by atoms with van der Waals surface area (Å²) in [4.78, 5) is 28.5. The fourth-order valence-corrected chi connectivity index (χ4v) is 4.63. The Bertz CT molecular complexity index is 1770. The fourth-order valence-electron chi connectivity index (χ4n) is 4.63. The number of pyridine rings is 4. The van der Waals surface area contributed by atoms with E-state index >= 15 is 0 Å². The molecule has 0 radical (unpaired) electrons. The Morgan fingerprint density at radius 1 is 0.816 bits per heavy atom. The molecular formula is C29H25N9. The number of H-pyrrole nitrogens is 1. The van der Waals surface area contributed by atoms with Gasteiger partial charge in [-0.2, -0.15) is 0 Å². The molecule has 0 aliphatic carbocycles. The van der Waals surface area contributed by atoms with Gasteiger partial charge in [-0.3, -0.25) is 9.97 Å². The zero-order chi connectivity index (χ0) is 25.5. The third kappa shape index (κ3) is 4.24. The molecule has 0 amide bonds. The van der Waals surface area contributed by atoms with Crippen molar-refractivity contribution in [3.63, 3.8) is 0 Å². The van der Waals surface area contributed by atoms with E-state index in [9.17, 15) is 0 Å². The summed E-state index contributed by atoms with van der Waals surface area (Å²) in [6, 6.07) is 20.2. The van der Waals surface area contributed by atoms with Gasteiger partial charge >= 0.3 is 0 Å².